The van der Waals surface area contributed by atoms with Crippen LogP contribution < -0.4 is 0 Å². The van der Waals surface area contributed by atoms with Crippen molar-refractivity contribution in [2.45, 2.75) is 44.9 Å². The Balaban J connectivity index is 5.42. The van der Waals surface area contributed by atoms with Crippen LogP contribution in [0.2, 0.25) is 0 Å². The molecule has 6 nitrogen and oxygen atoms in total. The average Bonchev–Trinajstić information content (AvgIpc) is 2.24. The summed E-state index contributed by atoms with van der Waals surface area (Å²) in [5.41, 5.74) is -7.25. The van der Waals surface area contributed by atoms with Gasteiger partial charge in [-0.2, -0.15) is 21.6 Å². The minimum atomic E-state index is -5.94. The zero-order valence-corrected chi connectivity index (χ0v) is 12.3. The Morgan fingerprint density at radius 1 is 1.15 bits per heavy atom. The van der Waals surface area contributed by atoms with Gasteiger partial charge >= 0.3 is 21.6 Å². The van der Waals surface area contributed by atoms with Gasteiger partial charge in [-0.05, 0) is 27.7 Å². The molecule has 0 aliphatic rings. The molecule has 0 N–H and O–H groups in total. The number of halogens is 3. The highest BCUT2D eigenvalue weighted by Gasteiger charge is 2.52. The van der Waals surface area contributed by atoms with Crippen LogP contribution in [0.4, 0.5) is 13.2 Å². The Morgan fingerprint density at radius 2 is 1.65 bits per heavy atom. The molecule has 0 amide bonds. The molecular formula is C10H17F3O6S. The lowest BCUT2D eigenvalue weighted by molar-refractivity contribution is -0.169. The second-order valence-corrected chi connectivity index (χ2v) is 5.73. The molecular weight excluding hydrogens is 305 g/mol. The fourth-order valence-corrected chi connectivity index (χ4v) is 1.96. The second-order valence-electron chi connectivity index (χ2n) is 4.16. The molecule has 10 heteroatoms. The third-order valence-electron chi connectivity index (χ3n) is 2.15. The quantitative estimate of drug-likeness (QED) is 0.402. The molecule has 0 rings (SSSR count). The number of hydrogen-bond acceptors (Lipinski definition) is 6. The largest absolute Gasteiger partial charge is 0.523 e. The molecule has 0 radical (unpaired) electrons. The Bertz CT molecular complexity index is 429. The molecule has 0 aromatic carbocycles. The fourth-order valence-electron chi connectivity index (χ4n) is 1.29. The van der Waals surface area contributed by atoms with E-state index in [0.29, 0.717) is 0 Å². The van der Waals surface area contributed by atoms with Gasteiger partial charge in [0, 0.05) is 6.61 Å². The van der Waals surface area contributed by atoms with Crippen LogP contribution in [-0.4, -0.2) is 44.8 Å². The Hall–Kier alpha value is -0.870. The SMILES string of the molecule is CCOC(=O)C(OS(=O)(=O)C(F)(F)F)C(C)(C)OCC. The van der Waals surface area contributed by atoms with E-state index in [2.05, 4.69) is 8.92 Å². The Labute approximate surface area is 115 Å². The van der Waals surface area contributed by atoms with Gasteiger partial charge in [0.15, 0.2) is 0 Å². The molecule has 0 heterocycles. The molecule has 0 saturated carbocycles. The third kappa shape index (κ3) is 4.91. The van der Waals surface area contributed by atoms with E-state index >= 15 is 0 Å². The summed E-state index contributed by atoms with van der Waals surface area (Å²) < 4.78 is 72.5. The van der Waals surface area contributed by atoms with E-state index in [1.807, 2.05) is 0 Å². The first-order valence-electron chi connectivity index (χ1n) is 5.69. The van der Waals surface area contributed by atoms with E-state index in [0.717, 1.165) is 0 Å². The number of carbonyl (C=O) groups excluding carboxylic acids is 1. The van der Waals surface area contributed by atoms with E-state index in [4.69, 9.17) is 4.74 Å². The number of alkyl halides is 3. The van der Waals surface area contributed by atoms with Crippen molar-refractivity contribution < 1.29 is 40.0 Å². The summed E-state index contributed by atoms with van der Waals surface area (Å²) in [6, 6.07) is 0. The maximum atomic E-state index is 12.3. The lowest BCUT2D eigenvalue weighted by atomic mass is 10.0. The summed E-state index contributed by atoms with van der Waals surface area (Å²) in [5, 5.41) is 0. The number of ether oxygens (including phenoxy) is 2. The molecule has 20 heavy (non-hydrogen) atoms. The standard InChI is InChI=1S/C10H17F3O6S/c1-5-17-8(14)7(9(3,4)18-6-2)19-20(15,16)10(11,12)13/h7H,5-6H2,1-4H3. The monoisotopic (exact) mass is 322 g/mol. The normalized spacial score (nSPS) is 14.9. The van der Waals surface area contributed by atoms with E-state index < -0.39 is 33.3 Å². The molecule has 1 atom stereocenters. The van der Waals surface area contributed by atoms with Crippen LogP contribution in [-0.2, 0) is 28.6 Å². The minimum Gasteiger partial charge on any atom is -0.464 e. The van der Waals surface area contributed by atoms with Crippen LogP contribution in [0.1, 0.15) is 27.7 Å². The van der Waals surface area contributed by atoms with Crippen LogP contribution >= 0.6 is 0 Å². The van der Waals surface area contributed by atoms with Crippen LogP contribution in [0.3, 0.4) is 0 Å². The van der Waals surface area contributed by atoms with Crippen molar-refractivity contribution in [3.8, 4) is 0 Å². The fraction of sp³-hybridized carbons (Fsp3) is 0.900. The average molecular weight is 322 g/mol. The molecule has 1 unspecified atom stereocenters. The Kier molecular flexibility index (Phi) is 6.43. The van der Waals surface area contributed by atoms with Gasteiger partial charge in [-0.3, -0.25) is 0 Å². The first kappa shape index (κ1) is 19.1. The van der Waals surface area contributed by atoms with E-state index in [1.165, 1.54) is 27.7 Å². The van der Waals surface area contributed by atoms with Crippen molar-refractivity contribution in [3.63, 3.8) is 0 Å². The van der Waals surface area contributed by atoms with Crippen molar-refractivity contribution >= 4 is 16.1 Å². The van der Waals surface area contributed by atoms with Crippen molar-refractivity contribution in [1.29, 1.82) is 0 Å². The maximum absolute atomic E-state index is 12.3. The zero-order chi connectivity index (χ0) is 16.2. The predicted octanol–water partition coefficient (Wildman–Crippen LogP) is 1.60. The summed E-state index contributed by atoms with van der Waals surface area (Å²) in [6.45, 7) is 5.29. The molecule has 0 fully saturated rings. The van der Waals surface area contributed by atoms with Crippen LogP contribution in [0, 0.1) is 0 Å². The molecule has 120 valence electrons. The minimum absolute atomic E-state index is 0.0400. The lowest BCUT2D eigenvalue weighted by Gasteiger charge is -2.31. The van der Waals surface area contributed by atoms with Crippen LogP contribution in [0.15, 0.2) is 0 Å². The number of rotatable bonds is 7. The summed E-state index contributed by atoms with van der Waals surface area (Å²) in [4.78, 5) is 11.6. The highest BCUT2D eigenvalue weighted by molar-refractivity contribution is 7.87. The molecule has 0 spiro atoms. The highest BCUT2D eigenvalue weighted by Crippen LogP contribution is 2.29. The molecule has 0 saturated heterocycles. The Morgan fingerprint density at radius 3 is 2.00 bits per heavy atom. The van der Waals surface area contributed by atoms with Crippen LogP contribution in [0.25, 0.3) is 0 Å². The summed E-state index contributed by atoms with van der Waals surface area (Å²) >= 11 is 0. The first-order chi connectivity index (χ1) is 8.89. The van der Waals surface area contributed by atoms with E-state index in [-0.39, 0.29) is 13.2 Å². The molecule has 0 aliphatic carbocycles. The van der Waals surface area contributed by atoms with Gasteiger partial charge < -0.3 is 9.47 Å². The topological polar surface area (TPSA) is 78.9 Å². The molecule has 0 aliphatic heterocycles. The zero-order valence-electron chi connectivity index (χ0n) is 11.5. The smallest absolute Gasteiger partial charge is 0.464 e. The van der Waals surface area contributed by atoms with Crippen molar-refractivity contribution in [1.82, 2.24) is 0 Å². The van der Waals surface area contributed by atoms with Gasteiger partial charge in [-0.25, -0.2) is 8.98 Å². The number of hydrogen-bond donors (Lipinski definition) is 0. The maximum Gasteiger partial charge on any atom is 0.523 e. The van der Waals surface area contributed by atoms with Gasteiger partial charge in [0.25, 0.3) is 0 Å². The highest BCUT2D eigenvalue weighted by atomic mass is 32.2. The van der Waals surface area contributed by atoms with Crippen molar-refractivity contribution in [2.75, 3.05) is 13.2 Å². The summed E-state index contributed by atoms with van der Waals surface area (Å²) in [6.07, 6.45) is -2.06. The first-order valence-corrected chi connectivity index (χ1v) is 7.10. The molecule has 0 bridgehead atoms. The van der Waals surface area contributed by atoms with Gasteiger partial charge in [0.05, 0.1) is 6.61 Å². The van der Waals surface area contributed by atoms with Crippen molar-refractivity contribution in [2.24, 2.45) is 0 Å². The van der Waals surface area contributed by atoms with E-state index in [9.17, 15) is 26.4 Å². The summed E-state index contributed by atoms with van der Waals surface area (Å²) in [7, 11) is -5.94. The second kappa shape index (κ2) is 6.72. The van der Waals surface area contributed by atoms with Gasteiger partial charge in [-0.15, -0.1) is 0 Å². The number of carbonyl (C=O) groups is 1. The molecule has 0 aromatic heterocycles. The van der Waals surface area contributed by atoms with E-state index in [1.54, 1.807) is 0 Å². The number of esters is 1. The molecule has 0 aromatic rings. The predicted molar refractivity (Wildman–Crippen MR) is 62.2 cm³/mol. The lowest BCUT2D eigenvalue weighted by Crippen LogP contribution is -2.49. The van der Waals surface area contributed by atoms with Gasteiger partial charge in [0.2, 0.25) is 6.10 Å². The van der Waals surface area contributed by atoms with Crippen LogP contribution in [0.5, 0.6) is 0 Å². The van der Waals surface area contributed by atoms with Gasteiger partial charge in [-0.1, -0.05) is 0 Å². The van der Waals surface area contributed by atoms with Gasteiger partial charge in [0.1, 0.15) is 5.60 Å². The third-order valence-corrected chi connectivity index (χ3v) is 3.17. The van der Waals surface area contributed by atoms with Crippen molar-refractivity contribution in [3.05, 3.63) is 0 Å². The summed E-state index contributed by atoms with van der Waals surface area (Å²) in [5.74, 6) is -1.25.